The summed E-state index contributed by atoms with van der Waals surface area (Å²) in [7, 11) is 0. The molecule has 0 bridgehead atoms. The Kier molecular flexibility index (Phi) is 6.20. The first-order valence-corrected chi connectivity index (χ1v) is 8.02. The van der Waals surface area contributed by atoms with E-state index in [4.69, 9.17) is 11.6 Å². The summed E-state index contributed by atoms with van der Waals surface area (Å²) in [6, 6.07) is 5.21. The third-order valence-corrected chi connectivity index (χ3v) is 3.66. The lowest BCUT2D eigenvalue weighted by Crippen LogP contribution is -2.25. The van der Waals surface area contributed by atoms with Gasteiger partial charge in [0, 0.05) is 18.3 Å². The van der Waals surface area contributed by atoms with Crippen LogP contribution in [-0.2, 0) is 6.18 Å². The second-order valence-corrected chi connectivity index (χ2v) is 5.74. The van der Waals surface area contributed by atoms with Crippen molar-refractivity contribution < 1.29 is 22.8 Å². The second-order valence-electron chi connectivity index (χ2n) is 5.33. The van der Waals surface area contributed by atoms with Gasteiger partial charge in [-0.2, -0.15) is 13.2 Å². The number of carbonyl (C=O) groups excluding carboxylic acids is 2. The number of halogens is 4. The Morgan fingerprint density at radius 1 is 1.15 bits per heavy atom. The van der Waals surface area contributed by atoms with Gasteiger partial charge >= 0.3 is 6.18 Å². The third-order valence-electron chi connectivity index (χ3n) is 3.33. The highest BCUT2D eigenvalue weighted by Crippen LogP contribution is 2.33. The molecule has 0 aliphatic rings. The van der Waals surface area contributed by atoms with Gasteiger partial charge in [0.2, 0.25) is 0 Å². The molecule has 5 nitrogen and oxygen atoms in total. The Morgan fingerprint density at radius 3 is 2.54 bits per heavy atom. The fourth-order valence-electron chi connectivity index (χ4n) is 2.02. The number of pyridine rings is 1. The Balaban J connectivity index is 2.22. The summed E-state index contributed by atoms with van der Waals surface area (Å²) in [5, 5.41) is 4.90. The quantitative estimate of drug-likeness (QED) is 0.812. The molecule has 0 spiro atoms. The predicted octanol–water partition coefficient (Wildman–Crippen LogP) is 4.15. The zero-order chi connectivity index (χ0) is 19.3. The summed E-state index contributed by atoms with van der Waals surface area (Å²) < 4.78 is 38.4. The zero-order valence-corrected chi connectivity index (χ0v) is 14.4. The summed E-state index contributed by atoms with van der Waals surface area (Å²) in [6.07, 6.45) is -2.56. The molecular weight excluding hydrogens is 371 g/mol. The van der Waals surface area contributed by atoms with Crippen LogP contribution in [-0.4, -0.2) is 23.3 Å². The lowest BCUT2D eigenvalue weighted by molar-refractivity contribution is -0.137. The van der Waals surface area contributed by atoms with Gasteiger partial charge in [-0.1, -0.05) is 18.5 Å². The number of aromatic nitrogens is 1. The Hall–Kier alpha value is -2.61. The molecule has 0 aliphatic heterocycles. The van der Waals surface area contributed by atoms with Gasteiger partial charge in [0.25, 0.3) is 11.8 Å². The smallest absolute Gasteiger partial charge is 0.351 e. The van der Waals surface area contributed by atoms with Gasteiger partial charge in [-0.15, -0.1) is 0 Å². The fourth-order valence-corrected chi connectivity index (χ4v) is 2.18. The van der Waals surface area contributed by atoms with E-state index in [1.807, 2.05) is 6.92 Å². The van der Waals surface area contributed by atoms with Gasteiger partial charge in [-0.3, -0.25) is 14.6 Å². The monoisotopic (exact) mass is 385 g/mol. The van der Waals surface area contributed by atoms with Crippen molar-refractivity contribution >= 4 is 29.1 Å². The van der Waals surface area contributed by atoms with E-state index in [0.29, 0.717) is 6.54 Å². The number of amides is 2. The third kappa shape index (κ3) is 4.95. The molecule has 1 aromatic carbocycles. The van der Waals surface area contributed by atoms with Crippen LogP contribution in [0.2, 0.25) is 5.02 Å². The molecule has 0 unspecified atom stereocenters. The minimum atomic E-state index is -4.56. The lowest BCUT2D eigenvalue weighted by atomic mass is 10.1. The van der Waals surface area contributed by atoms with Crippen LogP contribution in [0.3, 0.4) is 0 Å². The lowest BCUT2D eigenvalue weighted by Gasteiger charge is -2.12. The molecule has 0 aliphatic carbocycles. The molecule has 0 atom stereocenters. The minimum Gasteiger partial charge on any atom is -0.351 e. The first-order valence-electron chi connectivity index (χ1n) is 7.64. The normalized spacial score (nSPS) is 11.1. The Labute approximate surface area is 152 Å². The number of rotatable bonds is 5. The molecule has 1 aromatic heterocycles. The van der Waals surface area contributed by atoms with Gasteiger partial charge in [-0.05, 0) is 36.8 Å². The number of alkyl halides is 3. The first-order chi connectivity index (χ1) is 12.2. The number of nitrogens with zero attached hydrogens (tertiary/aromatic N) is 1. The van der Waals surface area contributed by atoms with Crippen LogP contribution in [0.4, 0.5) is 18.9 Å². The molecule has 9 heteroatoms. The fraction of sp³-hybridized carbons (Fsp3) is 0.235. The van der Waals surface area contributed by atoms with Gasteiger partial charge in [-0.25, -0.2) is 0 Å². The van der Waals surface area contributed by atoms with Crippen LogP contribution in [0.5, 0.6) is 0 Å². The maximum Gasteiger partial charge on any atom is 0.416 e. The van der Waals surface area contributed by atoms with Crippen molar-refractivity contribution in [1.82, 2.24) is 10.3 Å². The molecular formula is C17H15ClF3N3O2. The Bertz CT molecular complexity index is 825. The van der Waals surface area contributed by atoms with E-state index in [1.165, 1.54) is 18.3 Å². The van der Waals surface area contributed by atoms with Gasteiger partial charge in [0.1, 0.15) is 5.69 Å². The average Bonchev–Trinajstić information content (AvgIpc) is 2.60. The summed E-state index contributed by atoms with van der Waals surface area (Å²) in [5.41, 5.74) is -1.02. The number of anilines is 1. The Morgan fingerprint density at radius 2 is 1.88 bits per heavy atom. The van der Waals surface area contributed by atoms with E-state index in [0.717, 1.165) is 24.6 Å². The van der Waals surface area contributed by atoms with Crippen molar-refractivity contribution in [3.05, 3.63) is 58.4 Å². The van der Waals surface area contributed by atoms with Crippen molar-refractivity contribution in [3.8, 4) is 0 Å². The first kappa shape index (κ1) is 19.7. The number of nitrogens with one attached hydrogen (secondary N) is 2. The highest BCUT2D eigenvalue weighted by molar-refractivity contribution is 6.34. The molecule has 0 saturated heterocycles. The highest BCUT2D eigenvalue weighted by atomic mass is 35.5. The van der Waals surface area contributed by atoms with Crippen LogP contribution >= 0.6 is 11.6 Å². The molecule has 2 N–H and O–H groups in total. The van der Waals surface area contributed by atoms with Crippen LogP contribution in [0.1, 0.15) is 39.8 Å². The molecule has 0 fully saturated rings. The van der Waals surface area contributed by atoms with Crippen LogP contribution in [0.25, 0.3) is 0 Å². The molecule has 0 saturated carbocycles. The summed E-state index contributed by atoms with van der Waals surface area (Å²) in [6.45, 7) is 2.34. The molecule has 138 valence electrons. The maximum atomic E-state index is 12.8. The summed E-state index contributed by atoms with van der Waals surface area (Å²) >= 11 is 5.86. The SMILES string of the molecule is CCCNC(=O)c1cc(C(=O)Nc2cc(C(F)(F)F)ccc2Cl)ccn1. The molecule has 1 heterocycles. The van der Waals surface area contributed by atoms with Crippen molar-refractivity contribution in [3.63, 3.8) is 0 Å². The average molecular weight is 386 g/mol. The molecule has 0 radical (unpaired) electrons. The minimum absolute atomic E-state index is 0.0289. The predicted molar refractivity (Wildman–Crippen MR) is 91.3 cm³/mol. The van der Waals surface area contributed by atoms with Crippen molar-refractivity contribution in [2.45, 2.75) is 19.5 Å². The largest absolute Gasteiger partial charge is 0.416 e. The molecule has 2 rings (SSSR count). The summed E-state index contributed by atoms with van der Waals surface area (Å²) in [4.78, 5) is 28.1. The zero-order valence-electron chi connectivity index (χ0n) is 13.7. The highest BCUT2D eigenvalue weighted by Gasteiger charge is 2.31. The van der Waals surface area contributed by atoms with E-state index in [1.54, 1.807) is 0 Å². The van der Waals surface area contributed by atoms with Crippen molar-refractivity contribution in [2.75, 3.05) is 11.9 Å². The van der Waals surface area contributed by atoms with E-state index < -0.39 is 23.6 Å². The van der Waals surface area contributed by atoms with Crippen molar-refractivity contribution in [2.24, 2.45) is 0 Å². The van der Waals surface area contributed by atoms with E-state index >= 15 is 0 Å². The number of hydrogen-bond acceptors (Lipinski definition) is 3. The molecule has 2 aromatic rings. The van der Waals surface area contributed by atoms with Crippen LogP contribution < -0.4 is 10.6 Å². The molecule has 26 heavy (non-hydrogen) atoms. The second kappa shape index (κ2) is 8.18. The van der Waals surface area contributed by atoms with E-state index in [9.17, 15) is 22.8 Å². The number of hydrogen-bond donors (Lipinski definition) is 2. The number of benzene rings is 1. The van der Waals surface area contributed by atoms with Crippen LogP contribution in [0.15, 0.2) is 36.5 Å². The molecule has 2 amide bonds. The van der Waals surface area contributed by atoms with Gasteiger partial charge in [0.05, 0.1) is 16.3 Å². The standard InChI is InChI=1S/C17H15ClF3N3O2/c1-2-6-23-16(26)14-8-10(5-7-22-14)15(25)24-13-9-11(17(19,20)21)3-4-12(13)18/h3-5,7-9H,2,6H2,1H3,(H,23,26)(H,24,25). The number of carbonyl (C=O) groups is 2. The van der Waals surface area contributed by atoms with E-state index in [2.05, 4.69) is 15.6 Å². The van der Waals surface area contributed by atoms with Gasteiger partial charge < -0.3 is 10.6 Å². The van der Waals surface area contributed by atoms with E-state index in [-0.39, 0.29) is 22.0 Å². The maximum absolute atomic E-state index is 12.8. The van der Waals surface area contributed by atoms with Gasteiger partial charge in [0.15, 0.2) is 0 Å². The summed E-state index contributed by atoms with van der Waals surface area (Å²) in [5.74, 6) is -1.16. The topological polar surface area (TPSA) is 71.1 Å². The van der Waals surface area contributed by atoms with Crippen molar-refractivity contribution in [1.29, 1.82) is 0 Å². The van der Waals surface area contributed by atoms with Crippen LogP contribution in [0, 0.1) is 0 Å².